The second-order valence-electron chi connectivity index (χ2n) is 4.92. The standard InChI is InChI=1S/C15H23N3O3/c1-5-17-15(20)18-14(19)11(4)21-13-7-6-12(10(3)16)8-9(13)2/h6-8,10-11H,5,16H2,1-4H3,(H2,17,18,19,20)/t10-,11?/m1/s1. The molecule has 0 aliphatic heterocycles. The topological polar surface area (TPSA) is 93.5 Å². The van der Waals surface area contributed by atoms with Gasteiger partial charge >= 0.3 is 6.03 Å². The van der Waals surface area contributed by atoms with Crippen LogP contribution in [0.5, 0.6) is 5.75 Å². The predicted molar refractivity (Wildman–Crippen MR) is 81.1 cm³/mol. The monoisotopic (exact) mass is 293 g/mol. The van der Waals surface area contributed by atoms with E-state index < -0.39 is 18.0 Å². The molecule has 3 amide bonds. The summed E-state index contributed by atoms with van der Waals surface area (Å²) in [7, 11) is 0. The summed E-state index contributed by atoms with van der Waals surface area (Å²) in [4.78, 5) is 23.1. The number of nitrogens with two attached hydrogens (primary N) is 1. The molecule has 0 spiro atoms. The van der Waals surface area contributed by atoms with E-state index in [4.69, 9.17) is 10.5 Å². The number of hydrogen-bond donors (Lipinski definition) is 3. The minimum atomic E-state index is -0.771. The number of ether oxygens (including phenoxy) is 1. The lowest BCUT2D eigenvalue weighted by Crippen LogP contribution is -2.45. The normalized spacial score (nSPS) is 13.2. The first-order chi connectivity index (χ1) is 9.85. The van der Waals surface area contributed by atoms with Crippen molar-refractivity contribution in [2.75, 3.05) is 6.54 Å². The molecule has 0 saturated heterocycles. The highest BCUT2D eigenvalue weighted by molar-refractivity contribution is 5.96. The number of hydrogen-bond acceptors (Lipinski definition) is 4. The molecule has 1 unspecified atom stereocenters. The van der Waals surface area contributed by atoms with Crippen LogP contribution in [0.15, 0.2) is 18.2 Å². The van der Waals surface area contributed by atoms with Gasteiger partial charge in [-0.3, -0.25) is 10.1 Å². The Morgan fingerprint density at radius 2 is 2.00 bits per heavy atom. The minimum absolute atomic E-state index is 0.0591. The van der Waals surface area contributed by atoms with Crippen molar-refractivity contribution >= 4 is 11.9 Å². The Morgan fingerprint density at radius 3 is 2.52 bits per heavy atom. The van der Waals surface area contributed by atoms with E-state index in [1.165, 1.54) is 0 Å². The van der Waals surface area contributed by atoms with Gasteiger partial charge in [0.2, 0.25) is 0 Å². The summed E-state index contributed by atoms with van der Waals surface area (Å²) in [5.74, 6) is 0.106. The fourth-order valence-electron chi connectivity index (χ4n) is 1.75. The molecule has 6 heteroatoms. The largest absolute Gasteiger partial charge is 0.481 e. The maximum atomic E-state index is 11.8. The van der Waals surface area contributed by atoms with Crippen molar-refractivity contribution in [2.24, 2.45) is 5.73 Å². The fraction of sp³-hybridized carbons (Fsp3) is 0.467. The Hall–Kier alpha value is -2.08. The van der Waals surface area contributed by atoms with Gasteiger partial charge < -0.3 is 15.8 Å². The molecule has 1 aromatic carbocycles. The number of aryl methyl sites for hydroxylation is 1. The first-order valence-electron chi connectivity index (χ1n) is 6.96. The highest BCUT2D eigenvalue weighted by atomic mass is 16.5. The van der Waals surface area contributed by atoms with Crippen LogP contribution in [-0.4, -0.2) is 24.6 Å². The molecule has 2 atom stereocenters. The molecule has 1 aromatic rings. The smallest absolute Gasteiger partial charge is 0.321 e. The molecule has 116 valence electrons. The molecule has 0 heterocycles. The number of nitrogens with one attached hydrogen (secondary N) is 2. The van der Waals surface area contributed by atoms with E-state index in [1.807, 2.05) is 26.0 Å². The second-order valence-corrected chi connectivity index (χ2v) is 4.92. The number of imide groups is 1. The molecule has 0 aliphatic carbocycles. The molecule has 0 saturated carbocycles. The molecule has 0 radical (unpaired) electrons. The highest BCUT2D eigenvalue weighted by Gasteiger charge is 2.18. The van der Waals surface area contributed by atoms with Crippen LogP contribution in [-0.2, 0) is 4.79 Å². The van der Waals surface area contributed by atoms with Crippen molar-refractivity contribution in [1.29, 1.82) is 0 Å². The number of carbonyl (C=O) groups excluding carboxylic acids is 2. The zero-order chi connectivity index (χ0) is 16.0. The van der Waals surface area contributed by atoms with Gasteiger partial charge in [-0.05, 0) is 44.9 Å². The molecular formula is C15H23N3O3. The van der Waals surface area contributed by atoms with Crippen molar-refractivity contribution < 1.29 is 14.3 Å². The van der Waals surface area contributed by atoms with E-state index in [-0.39, 0.29) is 6.04 Å². The highest BCUT2D eigenvalue weighted by Crippen LogP contribution is 2.22. The van der Waals surface area contributed by atoms with E-state index in [2.05, 4.69) is 10.6 Å². The lowest BCUT2D eigenvalue weighted by Gasteiger charge is -2.17. The van der Waals surface area contributed by atoms with Crippen LogP contribution >= 0.6 is 0 Å². The SMILES string of the molecule is CCNC(=O)NC(=O)C(C)Oc1ccc([C@@H](C)N)cc1C. The molecule has 0 bridgehead atoms. The van der Waals surface area contributed by atoms with Gasteiger partial charge in [-0.2, -0.15) is 0 Å². The molecule has 1 rings (SSSR count). The minimum Gasteiger partial charge on any atom is -0.481 e. The number of amides is 3. The van der Waals surface area contributed by atoms with Crippen molar-refractivity contribution in [3.8, 4) is 5.75 Å². The van der Waals surface area contributed by atoms with Crippen LogP contribution < -0.4 is 21.1 Å². The number of urea groups is 1. The van der Waals surface area contributed by atoms with Crippen molar-refractivity contribution in [2.45, 2.75) is 39.8 Å². The first kappa shape index (κ1) is 17.0. The van der Waals surface area contributed by atoms with E-state index in [9.17, 15) is 9.59 Å². The Morgan fingerprint density at radius 1 is 1.33 bits per heavy atom. The number of carbonyl (C=O) groups is 2. The summed E-state index contributed by atoms with van der Waals surface area (Å²) >= 11 is 0. The Labute approximate surface area is 125 Å². The molecule has 21 heavy (non-hydrogen) atoms. The molecule has 0 aliphatic rings. The average molecular weight is 293 g/mol. The van der Waals surface area contributed by atoms with Crippen LogP contribution in [0.2, 0.25) is 0 Å². The van der Waals surface area contributed by atoms with Gasteiger partial charge in [-0.25, -0.2) is 4.79 Å². The molecule has 6 nitrogen and oxygen atoms in total. The zero-order valence-electron chi connectivity index (χ0n) is 12.9. The number of rotatable bonds is 5. The van der Waals surface area contributed by atoms with E-state index in [0.29, 0.717) is 12.3 Å². The summed E-state index contributed by atoms with van der Waals surface area (Å²) in [5, 5.41) is 4.70. The third kappa shape index (κ3) is 5.07. The third-order valence-electron chi connectivity index (χ3n) is 2.97. The summed E-state index contributed by atoms with van der Waals surface area (Å²) in [6.07, 6.45) is -0.771. The average Bonchev–Trinajstić information content (AvgIpc) is 2.40. The summed E-state index contributed by atoms with van der Waals surface area (Å²) in [6, 6.07) is 4.98. The van der Waals surface area contributed by atoms with Gasteiger partial charge in [0.05, 0.1) is 0 Å². The molecule has 4 N–H and O–H groups in total. The van der Waals surface area contributed by atoms with E-state index in [1.54, 1.807) is 19.9 Å². The number of benzene rings is 1. The maximum Gasteiger partial charge on any atom is 0.321 e. The lowest BCUT2D eigenvalue weighted by atomic mass is 10.1. The van der Waals surface area contributed by atoms with Crippen LogP contribution in [0.25, 0.3) is 0 Å². The van der Waals surface area contributed by atoms with Crippen LogP contribution in [0.1, 0.15) is 37.9 Å². The third-order valence-corrected chi connectivity index (χ3v) is 2.97. The van der Waals surface area contributed by atoms with Crippen molar-refractivity contribution in [1.82, 2.24) is 10.6 Å². The lowest BCUT2D eigenvalue weighted by molar-refractivity contribution is -0.126. The van der Waals surface area contributed by atoms with Gasteiger partial charge in [0.25, 0.3) is 5.91 Å². The Bertz CT molecular complexity index is 515. The molecule has 0 aromatic heterocycles. The zero-order valence-corrected chi connectivity index (χ0v) is 12.9. The summed E-state index contributed by atoms with van der Waals surface area (Å²) in [6.45, 7) is 7.60. The second kappa shape index (κ2) is 7.64. The molecular weight excluding hydrogens is 270 g/mol. The Balaban J connectivity index is 2.68. The van der Waals surface area contributed by atoms with Gasteiger partial charge in [-0.1, -0.05) is 12.1 Å². The van der Waals surface area contributed by atoms with Gasteiger partial charge in [-0.15, -0.1) is 0 Å². The Kier molecular flexibility index (Phi) is 6.17. The van der Waals surface area contributed by atoms with Crippen molar-refractivity contribution in [3.63, 3.8) is 0 Å². The van der Waals surface area contributed by atoms with Gasteiger partial charge in [0.15, 0.2) is 6.10 Å². The first-order valence-corrected chi connectivity index (χ1v) is 6.96. The summed E-state index contributed by atoms with van der Waals surface area (Å²) < 4.78 is 5.59. The van der Waals surface area contributed by atoms with Crippen molar-refractivity contribution in [3.05, 3.63) is 29.3 Å². The van der Waals surface area contributed by atoms with E-state index >= 15 is 0 Å². The predicted octanol–water partition coefficient (Wildman–Crippen LogP) is 1.63. The van der Waals surface area contributed by atoms with Crippen LogP contribution in [0.3, 0.4) is 0 Å². The van der Waals surface area contributed by atoms with Gasteiger partial charge in [0, 0.05) is 12.6 Å². The fourth-order valence-corrected chi connectivity index (χ4v) is 1.75. The maximum absolute atomic E-state index is 11.8. The molecule has 0 fully saturated rings. The van der Waals surface area contributed by atoms with E-state index in [0.717, 1.165) is 11.1 Å². The van der Waals surface area contributed by atoms with Crippen LogP contribution in [0, 0.1) is 6.92 Å². The summed E-state index contributed by atoms with van der Waals surface area (Å²) in [5.41, 5.74) is 7.71. The van der Waals surface area contributed by atoms with Gasteiger partial charge in [0.1, 0.15) is 5.75 Å². The quantitative estimate of drug-likeness (QED) is 0.769. The van der Waals surface area contributed by atoms with Crippen LogP contribution in [0.4, 0.5) is 4.79 Å².